The highest BCUT2D eigenvalue weighted by Crippen LogP contribution is 2.35. The Bertz CT molecular complexity index is 896. The fraction of sp³-hybridized carbons (Fsp3) is 0.235. The first-order chi connectivity index (χ1) is 12.6. The molecule has 27 heavy (non-hydrogen) atoms. The van der Waals surface area contributed by atoms with Crippen LogP contribution in [-0.4, -0.2) is 27.3 Å². The first kappa shape index (κ1) is 18.5. The van der Waals surface area contributed by atoms with Crippen LogP contribution >= 0.6 is 0 Å². The van der Waals surface area contributed by atoms with Gasteiger partial charge in [0.05, 0.1) is 17.6 Å². The molecule has 1 aliphatic rings. The average Bonchev–Trinajstić information content (AvgIpc) is 3.06. The van der Waals surface area contributed by atoms with Gasteiger partial charge in [-0.2, -0.15) is 13.2 Å². The van der Waals surface area contributed by atoms with Crippen LogP contribution in [0.1, 0.15) is 19.4 Å². The maximum Gasteiger partial charge on any atom is 0.418 e. The number of carbonyl (C=O) groups is 2. The molecule has 0 atom stereocenters. The molecule has 1 fully saturated rings. The molecule has 0 aliphatic carbocycles. The van der Waals surface area contributed by atoms with Crippen LogP contribution in [0.25, 0.3) is 5.69 Å². The number of anilines is 1. The molecule has 0 radical (unpaired) electrons. The van der Waals surface area contributed by atoms with Crippen LogP contribution in [0, 0.1) is 0 Å². The summed E-state index contributed by atoms with van der Waals surface area (Å²) in [5, 5.41) is 2.50. The van der Waals surface area contributed by atoms with E-state index in [0.29, 0.717) is 0 Å². The van der Waals surface area contributed by atoms with Gasteiger partial charge in [-0.3, -0.25) is 0 Å². The number of hydrogen-bond donors (Lipinski definition) is 1. The number of alkyl halides is 3. The summed E-state index contributed by atoms with van der Waals surface area (Å²) in [6.07, 6.45) is 0.312. The van der Waals surface area contributed by atoms with Crippen molar-refractivity contribution in [1.29, 1.82) is 0 Å². The van der Waals surface area contributed by atoms with Crippen molar-refractivity contribution >= 4 is 17.6 Å². The molecule has 0 saturated carbocycles. The zero-order valence-electron chi connectivity index (χ0n) is 14.2. The topological polar surface area (TPSA) is 82.5 Å². The van der Waals surface area contributed by atoms with Crippen molar-refractivity contribution in [3.63, 3.8) is 0 Å². The van der Waals surface area contributed by atoms with Gasteiger partial charge in [0, 0.05) is 38.1 Å². The van der Waals surface area contributed by atoms with Crippen LogP contribution in [0.5, 0.6) is 0 Å². The van der Waals surface area contributed by atoms with Crippen LogP contribution in [0.4, 0.5) is 18.9 Å². The predicted octanol–water partition coefficient (Wildman–Crippen LogP) is 3.02. The maximum atomic E-state index is 13.4. The van der Waals surface area contributed by atoms with E-state index in [1.807, 2.05) is 0 Å². The lowest BCUT2D eigenvalue weighted by atomic mass is 10.1. The van der Waals surface area contributed by atoms with Gasteiger partial charge in [0.1, 0.15) is 0 Å². The first-order valence-electron chi connectivity index (χ1n) is 7.70. The van der Waals surface area contributed by atoms with E-state index < -0.39 is 35.0 Å². The van der Waals surface area contributed by atoms with Gasteiger partial charge in [-0.1, -0.05) is 0 Å². The second-order valence-corrected chi connectivity index (χ2v) is 6.08. The highest BCUT2D eigenvalue weighted by molar-refractivity contribution is 6.15. The summed E-state index contributed by atoms with van der Waals surface area (Å²) in [6, 6.07) is 3.47. The first-order valence-corrected chi connectivity index (χ1v) is 7.70. The third-order valence-electron chi connectivity index (χ3n) is 3.58. The molecule has 0 bridgehead atoms. The molecule has 142 valence electrons. The Morgan fingerprint density at radius 3 is 2.41 bits per heavy atom. The highest BCUT2D eigenvalue weighted by Gasteiger charge is 2.39. The Morgan fingerprint density at radius 2 is 1.85 bits per heavy atom. The number of hydrogen-bond acceptors (Lipinski definition) is 6. The smallest absolute Gasteiger partial charge is 0.418 e. The lowest BCUT2D eigenvalue weighted by Crippen LogP contribution is -2.42. The van der Waals surface area contributed by atoms with E-state index in [1.165, 1.54) is 49.3 Å². The monoisotopic (exact) mass is 381 g/mol. The van der Waals surface area contributed by atoms with Crippen molar-refractivity contribution in [2.24, 2.45) is 0 Å². The number of nitrogens with zero attached hydrogens (tertiary/aromatic N) is 2. The molecule has 1 saturated heterocycles. The third kappa shape index (κ3) is 3.94. The van der Waals surface area contributed by atoms with Gasteiger partial charge in [-0.05, 0) is 18.2 Å². The third-order valence-corrected chi connectivity index (χ3v) is 3.58. The van der Waals surface area contributed by atoms with Crippen LogP contribution in [-0.2, 0) is 25.2 Å². The maximum absolute atomic E-state index is 13.4. The summed E-state index contributed by atoms with van der Waals surface area (Å²) in [4.78, 5) is 27.4. The van der Waals surface area contributed by atoms with E-state index >= 15 is 0 Å². The van der Waals surface area contributed by atoms with E-state index in [-0.39, 0.29) is 11.4 Å². The normalized spacial score (nSPS) is 16.6. The Balaban J connectivity index is 1.90. The lowest BCUT2D eigenvalue weighted by molar-refractivity contribution is -0.222. The van der Waals surface area contributed by atoms with Crippen molar-refractivity contribution < 1.29 is 32.2 Å². The van der Waals surface area contributed by atoms with E-state index in [1.54, 1.807) is 0 Å². The molecule has 7 nitrogen and oxygen atoms in total. The van der Waals surface area contributed by atoms with Crippen molar-refractivity contribution in [3.8, 4) is 5.69 Å². The number of rotatable bonds is 3. The van der Waals surface area contributed by atoms with E-state index in [2.05, 4.69) is 10.3 Å². The fourth-order valence-electron chi connectivity index (χ4n) is 2.41. The number of cyclic esters (lactones) is 2. The number of halogens is 3. The molecular weight excluding hydrogens is 367 g/mol. The van der Waals surface area contributed by atoms with Crippen molar-refractivity contribution in [1.82, 2.24) is 9.55 Å². The predicted molar refractivity (Wildman–Crippen MR) is 86.5 cm³/mol. The quantitative estimate of drug-likeness (QED) is 0.500. The summed E-state index contributed by atoms with van der Waals surface area (Å²) in [6.45, 7) is 2.77. The van der Waals surface area contributed by atoms with Crippen LogP contribution in [0.3, 0.4) is 0 Å². The second kappa shape index (κ2) is 6.45. The molecule has 1 aliphatic heterocycles. The van der Waals surface area contributed by atoms with Gasteiger partial charge in [0.2, 0.25) is 0 Å². The Labute approximate surface area is 151 Å². The summed E-state index contributed by atoms with van der Waals surface area (Å²) in [5.41, 5.74) is -1.47. The number of carbonyl (C=O) groups excluding carboxylic acids is 2. The number of benzene rings is 1. The molecule has 0 amide bonds. The number of esters is 2. The minimum atomic E-state index is -4.63. The number of nitrogens with one attached hydrogen (secondary N) is 1. The Kier molecular flexibility index (Phi) is 4.42. The molecule has 1 aromatic carbocycles. The van der Waals surface area contributed by atoms with Gasteiger partial charge < -0.3 is 19.4 Å². The van der Waals surface area contributed by atoms with Gasteiger partial charge in [0.25, 0.3) is 5.79 Å². The fourth-order valence-corrected chi connectivity index (χ4v) is 2.41. The van der Waals surface area contributed by atoms with E-state index in [4.69, 9.17) is 9.47 Å². The van der Waals surface area contributed by atoms with Crippen LogP contribution < -0.4 is 5.32 Å². The highest BCUT2D eigenvalue weighted by atomic mass is 19.4. The SMILES string of the molecule is CC1(C)OC(=O)C(=CNc2ccc(-n3ccnc3)c(C(F)(F)F)c2)C(=O)O1. The summed E-state index contributed by atoms with van der Waals surface area (Å²) in [5.74, 6) is -3.27. The second-order valence-electron chi connectivity index (χ2n) is 6.08. The van der Waals surface area contributed by atoms with Gasteiger partial charge in [-0.25, -0.2) is 14.6 Å². The van der Waals surface area contributed by atoms with Gasteiger partial charge in [-0.15, -0.1) is 0 Å². The lowest BCUT2D eigenvalue weighted by Gasteiger charge is -2.29. The number of imidazole rings is 1. The zero-order valence-corrected chi connectivity index (χ0v) is 14.2. The van der Waals surface area contributed by atoms with Crippen LogP contribution in [0.2, 0.25) is 0 Å². The minimum absolute atomic E-state index is 0.0177. The molecule has 1 aromatic heterocycles. The number of aromatic nitrogens is 2. The summed E-state index contributed by atoms with van der Waals surface area (Å²) in [7, 11) is 0. The van der Waals surface area contributed by atoms with E-state index in [0.717, 1.165) is 12.3 Å². The standard InChI is InChI=1S/C17H14F3N3O4/c1-16(2)26-14(24)11(15(25)27-16)8-22-10-3-4-13(23-6-5-21-9-23)12(7-10)17(18,19)20/h3-9,22H,1-2H3. The zero-order chi connectivity index (χ0) is 19.8. The van der Waals surface area contributed by atoms with Crippen molar-refractivity contribution in [2.75, 3.05) is 5.32 Å². The largest absolute Gasteiger partial charge is 0.419 e. The minimum Gasteiger partial charge on any atom is -0.419 e. The molecule has 1 N–H and O–H groups in total. The van der Waals surface area contributed by atoms with Gasteiger partial charge in [0.15, 0.2) is 5.57 Å². The van der Waals surface area contributed by atoms with Gasteiger partial charge >= 0.3 is 18.1 Å². The van der Waals surface area contributed by atoms with Crippen molar-refractivity contribution in [2.45, 2.75) is 25.8 Å². The molecule has 10 heteroatoms. The molecule has 0 spiro atoms. The Morgan fingerprint density at radius 1 is 1.19 bits per heavy atom. The molecule has 3 rings (SSSR count). The number of ether oxygens (including phenoxy) is 2. The Hall–Kier alpha value is -3.30. The van der Waals surface area contributed by atoms with Crippen LogP contribution in [0.15, 0.2) is 48.7 Å². The molecule has 2 aromatic rings. The molecule has 0 unspecified atom stereocenters. The summed E-state index contributed by atoms with van der Waals surface area (Å²) < 4.78 is 51.2. The molecule has 2 heterocycles. The average molecular weight is 381 g/mol. The van der Waals surface area contributed by atoms with E-state index in [9.17, 15) is 22.8 Å². The van der Waals surface area contributed by atoms with Crippen molar-refractivity contribution in [3.05, 3.63) is 54.3 Å². The summed E-state index contributed by atoms with van der Waals surface area (Å²) >= 11 is 0. The molecular formula is C17H14F3N3O4.